The number of benzene rings is 1. The van der Waals surface area contributed by atoms with Gasteiger partial charge in [0.2, 0.25) is 5.91 Å². The maximum Gasteiger partial charge on any atom is 0.288 e. The molecule has 0 aromatic heterocycles. The van der Waals surface area contributed by atoms with Gasteiger partial charge in [-0.1, -0.05) is 11.6 Å². The Morgan fingerprint density at radius 2 is 2.32 bits per heavy atom. The van der Waals surface area contributed by atoms with E-state index in [0.717, 1.165) is 17.7 Å². The molecule has 2 rings (SSSR count). The fourth-order valence-electron chi connectivity index (χ4n) is 2.06. The van der Waals surface area contributed by atoms with Crippen LogP contribution in [0, 0.1) is 17.0 Å². The number of hydrogen-bond acceptors (Lipinski definition) is 4. The summed E-state index contributed by atoms with van der Waals surface area (Å²) in [6.45, 7) is 2.36. The summed E-state index contributed by atoms with van der Waals surface area (Å²) < 4.78 is 0. The largest absolute Gasteiger partial charge is 0.383 e. The van der Waals surface area contributed by atoms with Crippen LogP contribution in [-0.2, 0) is 4.79 Å². The quantitative estimate of drug-likeness (QED) is 0.656. The summed E-state index contributed by atoms with van der Waals surface area (Å²) >= 11 is 5.86. The molecule has 0 aliphatic carbocycles. The average Bonchev–Trinajstić information content (AvgIpc) is 2.75. The molecule has 1 unspecified atom stereocenters. The summed E-state index contributed by atoms with van der Waals surface area (Å²) in [5.74, 6) is 0.0604. The lowest BCUT2D eigenvalue weighted by Crippen LogP contribution is -2.31. The zero-order valence-corrected chi connectivity index (χ0v) is 11.2. The number of hydrogen-bond donors (Lipinski definition) is 2. The third kappa shape index (κ3) is 3.14. The molecule has 1 heterocycles. The minimum Gasteiger partial charge on any atom is -0.383 e. The van der Waals surface area contributed by atoms with E-state index in [1.807, 2.05) is 0 Å². The van der Waals surface area contributed by atoms with Crippen molar-refractivity contribution in [2.75, 3.05) is 11.9 Å². The van der Waals surface area contributed by atoms with Crippen LogP contribution in [0.4, 0.5) is 11.4 Å². The second kappa shape index (κ2) is 5.44. The predicted molar refractivity (Wildman–Crippen MR) is 72.5 cm³/mol. The summed E-state index contributed by atoms with van der Waals surface area (Å²) in [6, 6.07) is 3.09. The highest BCUT2D eigenvalue weighted by atomic mass is 35.5. The lowest BCUT2D eigenvalue weighted by molar-refractivity contribution is -0.384. The van der Waals surface area contributed by atoms with Crippen LogP contribution in [0.3, 0.4) is 0 Å². The highest BCUT2D eigenvalue weighted by Crippen LogP contribution is 2.30. The van der Waals surface area contributed by atoms with Gasteiger partial charge < -0.3 is 10.6 Å². The van der Waals surface area contributed by atoms with Crippen LogP contribution in [0.15, 0.2) is 12.1 Å². The number of amides is 1. The Morgan fingerprint density at radius 1 is 1.58 bits per heavy atom. The van der Waals surface area contributed by atoms with Crippen molar-refractivity contribution in [2.45, 2.75) is 25.8 Å². The molecule has 1 aliphatic heterocycles. The highest BCUT2D eigenvalue weighted by molar-refractivity contribution is 6.33. The van der Waals surface area contributed by atoms with E-state index < -0.39 is 4.92 Å². The van der Waals surface area contributed by atoms with E-state index in [2.05, 4.69) is 10.6 Å². The minimum atomic E-state index is -0.504. The molecule has 102 valence electrons. The molecular weight excluding hydrogens is 270 g/mol. The van der Waals surface area contributed by atoms with Gasteiger partial charge in [-0.25, -0.2) is 0 Å². The first-order valence-electron chi connectivity index (χ1n) is 5.95. The number of nitrogens with one attached hydrogen (secondary N) is 2. The molecule has 0 saturated carbocycles. The van der Waals surface area contributed by atoms with Crippen LogP contribution in [0.5, 0.6) is 0 Å². The number of rotatable bonds is 4. The first-order chi connectivity index (χ1) is 8.97. The van der Waals surface area contributed by atoms with Gasteiger partial charge in [-0.2, -0.15) is 0 Å². The van der Waals surface area contributed by atoms with Gasteiger partial charge in [0.15, 0.2) is 0 Å². The van der Waals surface area contributed by atoms with E-state index in [1.165, 1.54) is 6.07 Å². The Morgan fingerprint density at radius 3 is 2.89 bits per heavy atom. The average molecular weight is 284 g/mol. The third-order valence-electron chi connectivity index (χ3n) is 3.11. The second-order valence-electron chi connectivity index (χ2n) is 4.56. The second-order valence-corrected chi connectivity index (χ2v) is 4.97. The molecule has 1 atom stereocenters. The fraction of sp³-hybridized carbons (Fsp3) is 0.417. The lowest BCUT2D eigenvalue weighted by atomic mass is 10.1. The van der Waals surface area contributed by atoms with E-state index in [4.69, 9.17) is 11.6 Å². The smallest absolute Gasteiger partial charge is 0.288 e. The van der Waals surface area contributed by atoms with Crippen molar-refractivity contribution in [2.24, 2.45) is 0 Å². The Bertz CT molecular complexity index is 533. The molecule has 19 heavy (non-hydrogen) atoms. The molecule has 0 radical (unpaired) electrons. The predicted octanol–water partition coefficient (Wildman–Crippen LogP) is 2.25. The van der Waals surface area contributed by atoms with Gasteiger partial charge in [0.05, 0.1) is 4.92 Å². The molecule has 0 bridgehead atoms. The maximum absolute atomic E-state index is 11.1. The normalized spacial score (nSPS) is 18.2. The van der Waals surface area contributed by atoms with E-state index in [0.29, 0.717) is 13.0 Å². The molecule has 1 amide bonds. The summed E-state index contributed by atoms with van der Waals surface area (Å²) in [4.78, 5) is 21.3. The van der Waals surface area contributed by atoms with Crippen LogP contribution in [0.1, 0.15) is 18.4 Å². The number of anilines is 1. The van der Waals surface area contributed by atoms with E-state index >= 15 is 0 Å². The standard InChI is InChI=1S/C12H14ClN3O3/c1-7-4-11(16(18)19)9(13)5-10(7)14-6-8-2-3-12(17)15-8/h4-5,8,14H,2-3,6H2,1H3,(H,15,17). The topological polar surface area (TPSA) is 84.3 Å². The molecule has 1 saturated heterocycles. The van der Waals surface area contributed by atoms with Gasteiger partial charge in [0.25, 0.3) is 5.69 Å². The van der Waals surface area contributed by atoms with Crippen molar-refractivity contribution in [3.63, 3.8) is 0 Å². The van der Waals surface area contributed by atoms with Crippen LogP contribution in [0.25, 0.3) is 0 Å². The van der Waals surface area contributed by atoms with E-state index in [1.54, 1.807) is 13.0 Å². The van der Waals surface area contributed by atoms with Crippen LogP contribution < -0.4 is 10.6 Å². The van der Waals surface area contributed by atoms with Crippen molar-refractivity contribution in [3.8, 4) is 0 Å². The monoisotopic (exact) mass is 283 g/mol. The molecule has 1 aromatic rings. The summed E-state index contributed by atoms with van der Waals surface area (Å²) in [5, 5.41) is 16.9. The Kier molecular flexibility index (Phi) is 3.90. The Balaban J connectivity index is 2.06. The number of halogens is 1. The number of carbonyl (C=O) groups excluding carboxylic acids is 1. The molecule has 1 aliphatic rings. The Labute approximate surface area is 115 Å². The van der Waals surface area contributed by atoms with Gasteiger partial charge in [0, 0.05) is 30.8 Å². The van der Waals surface area contributed by atoms with Crippen molar-refractivity contribution in [1.29, 1.82) is 0 Å². The zero-order chi connectivity index (χ0) is 14.0. The fourth-order valence-corrected chi connectivity index (χ4v) is 2.29. The Hall–Kier alpha value is -1.82. The SMILES string of the molecule is Cc1cc([N+](=O)[O-])c(Cl)cc1NCC1CCC(=O)N1. The van der Waals surface area contributed by atoms with Gasteiger partial charge in [-0.05, 0) is 25.0 Å². The first kappa shape index (κ1) is 13.6. The van der Waals surface area contributed by atoms with E-state index in [9.17, 15) is 14.9 Å². The zero-order valence-electron chi connectivity index (χ0n) is 10.4. The number of carbonyl (C=O) groups is 1. The third-order valence-corrected chi connectivity index (χ3v) is 3.42. The molecule has 1 fully saturated rings. The van der Waals surface area contributed by atoms with E-state index in [-0.39, 0.29) is 22.7 Å². The lowest BCUT2D eigenvalue weighted by Gasteiger charge is -2.14. The number of nitro groups is 1. The number of nitro benzene ring substituents is 1. The van der Waals surface area contributed by atoms with Crippen molar-refractivity contribution >= 4 is 28.9 Å². The van der Waals surface area contributed by atoms with Gasteiger partial charge in [0.1, 0.15) is 5.02 Å². The molecular formula is C12H14ClN3O3. The molecule has 1 aromatic carbocycles. The van der Waals surface area contributed by atoms with Gasteiger partial charge in [-0.15, -0.1) is 0 Å². The van der Waals surface area contributed by atoms with Crippen LogP contribution in [-0.4, -0.2) is 23.4 Å². The van der Waals surface area contributed by atoms with Crippen molar-refractivity contribution in [3.05, 3.63) is 32.8 Å². The highest BCUT2D eigenvalue weighted by Gasteiger charge is 2.21. The van der Waals surface area contributed by atoms with Gasteiger partial charge >= 0.3 is 0 Å². The molecule has 7 heteroatoms. The van der Waals surface area contributed by atoms with Crippen LogP contribution >= 0.6 is 11.6 Å². The summed E-state index contributed by atoms with van der Waals surface area (Å²) in [5.41, 5.74) is 1.40. The minimum absolute atomic E-state index is 0.0604. The van der Waals surface area contributed by atoms with Crippen LogP contribution in [0.2, 0.25) is 5.02 Å². The first-order valence-corrected chi connectivity index (χ1v) is 6.33. The van der Waals surface area contributed by atoms with Gasteiger partial charge in [-0.3, -0.25) is 14.9 Å². The summed E-state index contributed by atoms with van der Waals surface area (Å²) in [6.07, 6.45) is 1.35. The summed E-state index contributed by atoms with van der Waals surface area (Å²) in [7, 11) is 0. The van der Waals surface area contributed by atoms with Crippen molar-refractivity contribution in [1.82, 2.24) is 5.32 Å². The molecule has 0 spiro atoms. The maximum atomic E-state index is 11.1. The van der Waals surface area contributed by atoms with Crippen molar-refractivity contribution < 1.29 is 9.72 Å². The number of nitrogens with zero attached hydrogens (tertiary/aromatic N) is 1. The molecule has 6 nitrogen and oxygen atoms in total. The number of aryl methyl sites for hydroxylation is 1. The molecule has 2 N–H and O–H groups in total.